The van der Waals surface area contributed by atoms with E-state index in [-0.39, 0.29) is 31.3 Å². The Morgan fingerprint density at radius 3 is 2.65 bits per heavy atom. The Balaban J connectivity index is 2.23. The van der Waals surface area contributed by atoms with E-state index in [2.05, 4.69) is 5.16 Å². The van der Waals surface area contributed by atoms with Crippen molar-refractivity contribution in [3.8, 4) is 5.75 Å². The first kappa shape index (κ1) is 27.1. The van der Waals surface area contributed by atoms with E-state index < -0.39 is 12.1 Å². The van der Waals surface area contributed by atoms with Crippen LogP contribution in [0.4, 0.5) is 0 Å². The van der Waals surface area contributed by atoms with E-state index in [0.717, 1.165) is 32.4 Å². The van der Waals surface area contributed by atoms with E-state index in [1.165, 1.54) is 12.1 Å². The van der Waals surface area contributed by atoms with Crippen LogP contribution in [0.3, 0.4) is 0 Å². The van der Waals surface area contributed by atoms with Crippen molar-refractivity contribution in [3.63, 3.8) is 0 Å². The van der Waals surface area contributed by atoms with Crippen molar-refractivity contribution < 1.29 is 29.4 Å². The van der Waals surface area contributed by atoms with E-state index in [0.29, 0.717) is 28.8 Å². The number of ether oxygens (including phenoxy) is 1. The van der Waals surface area contributed by atoms with Gasteiger partial charge in [-0.2, -0.15) is 0 Å². The molecule has 1 aliphatic rings. The molecule has 0 saturated carbocycles. The molecule has 0 radical (unpaired) electrons. The number of likely N-dealkylation sites (tertiary alicyclic amines) is 1. The molecule has 2 N–H and O–H groups in total. The quantitative estimate of drug-likeness (QED) is 0.220. The Labute approximate surface area is 201 Å². The van der Waals surface area contributed by atoms with Gasteiger partial charge in [-0.25, -0.2) is 4.79 Å². The number of carbonyl (C=O) groups is 2. The third-order valence-electron chi connectivity index (χ3n) is 5.43. The van der Waals surface area contributed by atoms with E-state index in [1.807, 2.05) is 6.92 Å². The molecule has 1 heterocycles. The van der Waals surface area contributed by atoms with Gasteiger partial charge in [0.25, 0.3) is 5.91 Å². The number of piperidine rings is 1. The highest BCUT2D eigenvalue weighted by molar-refractivity contribution is 6.00. The largest absolute Gasteiger partial charge is 0.508 e. The van der Waals surface area contributed by atoms with E-state index in [9.17, 15) is 19.8 Å². The van der Waals surface area contributed by atoms with Crippen LogP contribution >= 0.6 is 0 Å². The molecule has 2 rings (SSSR count). The minimum atomic E-state index is -0.637. The summed E-state index contributed by atoms with van der Waals surface area (Å²) in [6.45, 7) is 6.79. The number of hydrogen-bond acceptors (Lipinski definition) is 7. The molecule has 0 bridgehead atoms. The van der Waals surface area contributed by atoms with Crippen molar-refractivity contribution in [3.05, 3.63) is 53.1 Å². The van der Waals surface area contributed by atoms with Crippen LogP contribution in [-0.2, 0) is 20.8 Å². The van der Waals surface area contributed by atoms with E-state index in [4.69, 9.17) is 9.57 Å². The summed E-state index contributed by atoms with van der Waals surface area (Å²) in [5.41, 5.74) is 1.91. The first-order valence-corrected chi connectivity index (χ1v) is 11.8. The summed E-state index contributed by atoms with van der Waals surface area (Å²) in [5.74, 6) is -0.577. The molecule has 1 amide bonds. The fourth-order valence-corrected chi connectivity index (χ4v) is 3.84. The fourth-order valence-electron chi connectivity index (χ4n) is 3.84. The molecule has 1 fully saturated rings. The Hall–Kier alpha value is -3.13. The summed E-state index contributed by atoms with van der Waals surface area (Å²) in [6.07, 6.45) is 9.88. The number of benzene rings is 1. The third-order valence-corrected chi connectivity index (χ3v) is 5.43. The van der Waals surface area contributed by atoms with Gasteiger partial charge in [0.15, 0.2) is 6.61 Å². The van der Waals surface area contributed by atoms with E-state index in [1.54, 1.807) is 43.1 Å². The molecule has 1 aromatic carbocycles. The van der Waals surface area contributed by atoms with Gasteiger partial charge in [-0.15, -0.1) is 0 Å². The highest BCUT2D eigenvalue weighted by Gasteiger charge is 2.19. The molecule has 8 heteroatoms. The van der Waals surface area contributed by atoms with Crippen LogP contribution in [0, 0.1) is 6.92 Å². The van der Waals surface area contributed by atoms with Crippen LogP contribution in [0.5, 0.6) is 5.75 Å². The van der Waals surface area contributed by atoms with Gasteiger partial charge in [0.05, 0.1) is 24.0 Å². The monoisotopic (exact) mass is 472 g/mol. The third kappa shape index (κ3) is 8.67. The Kier molecular flexibility index (Phi) is 11.3. The highest BCUT2D eigenvalue weighted by Crippen LogP contribution is 2.23. The first-order chi connectivity index (χ1) is 16.3. The van der Waals surface area contributed by atoms with Crippen molar-refractivity contribution in [2.75, 3.05) is 26.3 Å². The van der Waals surface area contributed by atoms with Gasteiger partial charge < -0.3 is 24.7 Å². The number of aliphatic hydroxyl groups excluding tert-OH is 1. The zero-order valence-electron chi connectivity index (χ0n) is 20.3. The lowest BCUT2D eigenvalue weighted by molar-refractivity contribution is -0.137. The number of hydrogen-bond donors (Lipinski definition) is 2. The molecule has 1 aliphatic heterocycles. The smallest absolute Gasteiger partial charge is 0.338 e. The summed E-state index contributed by atoms with van der Waals surface area (Å²) in [7, 11) is 0. The Bertz CT molecular complexity index is 916. The molecule has 8 nitrogen and oxygen atoms in total. The summed E-state index contributed by atoms with van der Waals surface area (Å²) >= 11 is 0. The number of aryl methyl sites for hydroxylation is 1. The lowest BCUT2D eigenvalue weighted by Gasteiger charge is -2.26. The predicted octanol–water partition coefficient (Wildman–Crippen LogP) is 3.69. The molecular weight excluding hydrogens is 436 g/mol. The van der Waals surface area contributed by atoms with Gasteiger partial charge in [-0.1, -0.05) is 23.4 Å². The van der Waals surface area contributed by atoms with Gasteiger partial charge in [-0.3, -0.25) is 4.79 Å². The number of rotatable bonds is 11. The summed E-state index contributed by atoms with van der Waals surface area (Å²) in [5, 5.41) is 24.2. The minimum Gasteiger partial charge on any atom is -0.508 e. The number of phenols is 1. The maximum atomic E-state index is 12.5. The first-order valence-electron chi connectivity index (χ1n) is 11.8. The molecule has 0 aliphatic carbocycles. The van der Waals surface area contributed by atoms with Crippen LogP contribution in [0.1, 0.15) is 61.0 Å². The molecule has 1 atom stereocenters. The van der Waals surface area contributed by atoms with Crippen molar-refractivity contribution in [1.82, 2.24) is 4.90 Å². The standard InChI is InChI=1S/C26H36N2O6/c1-4-10-22(29)12-9-11-21(27-34-18-24(31)28-13-7-6-8-14-28)16-20-17-23(30)15-19(3)25(20)26(32)33-5-2/h4,9-11,15,17,22,29-30H,5-8,12-14,16,18H2,1-3H3. The van der Waals surface area contributed by atoms with Gasteiger partial charge in [0.1, 0.15) is 5.75 Å². The van der Waals surface area contributed by atoms with Gasteiger partial charge in [0, 0.05) is 19.5 Å². The molecule has 1 aromatic rings. The number of oxime groups is 1. The van der Waals surface area contributed by atoms with Gasteiger partial charge in [-0.05, 0) is 75.8 Å². The van der Waals surface area contributed by atoms with Crippen LogP contribution in [-0.4, -0.2) is 65.1 Å². The second-order valence-electron chi connectivity index (χ2n) is 8.22. The SMILES string of the molecule is CC=CC(O)CC=CC(Cc1cc(O)cc(C)c1C(=O)OCC)=NOCC(=O)N1CCCCC1. The van der Waals surface area contributed by atoms with Crippen molar-refractivity contribution in [1.29, 1.82) is 0 Å². The van der Waals surface area contributed by atoms with Crippen molar-refractivity contribution in [2.45, 2.75) is 59.0 Å². The number of allylic oxidation sites excluding steroid dienone is 2. The minimum absolute atomic E-state index is 0.0218. The van der Waals surface area contributed by atoms with Crippen LogP contribution in [0.25, 0.3) is 0 Å². The second kappa shape index (κ2) is 14.2. The Morgan fingerprint density at radius 2 is 1.97 bits per heavy atom. The number of aromatic hydroxyl groups is 1. The van der Waals surface area contributed by atoms with Crippen LogP contribution in [0.15, 0.2) is 41.6 Å². The summed E-state index contributed by atoms with van der Waals surface area (Å²) in [6, 6.07) is 3.00. The zero-order valence-corrected chi connectivity index (χ0v) is 20.3. The number of aliphatic hydroxyl groups is 1. The van der Waals surface area contributed by atoms with Gasteiger partial charge >= 0.3 is 5.97 Å². The Morgan fingerprint density at radius 1 is 1.24 bits per heavy atom. The number of amides is 1. The molecule has 34 heavy (non-hydrogen) atoms. The molecule has 0 spiro atoms. The molecular formula is C26H36N2O6. The molecule has 1 saturated heterocycles. The number of phenolic OH excluding ortho intramolecular Hbond substituents is 1. The van der Waals surface area contributed by atoms with Crippen molar-refractivity contribution in [2.24, 2.45) is 5.16 Å². The predicted molar refractivity (Wildman–Crippen MR) is 131 cm³/mol. The second-order valence-corrected chi connectivity index (χ2v) is 8.22. The normalized spacial score (nSPS) is 15.6. The lowest BCUT2D eigenvalue weighted by Crippen LogP contribution is -2.37. The van der Waals surface area contributed by atoms with Crippen LogP contribution < -0.4 is 0 Å². The highest BCUT2D eigenvalue weighted by atomic mass is 16.6. The maximum absolute atomic E-state index is 12.5. The number of esters is 1. The van der Waals surface area contributed by atoms with Crippen LogP contribution in [0.2, 0.25) is 0 Å². The fraction of sp³-hybridized carbons (Fsp3) is 0.500. The van der Waals surface area contributed by atoms with Crippen molar-refractivity contribution >= 4 is 17.6 Å². The zero-order chi connectivity index (χ0) is 24.9. The topological polar surface area (TPSA) is 109 Å². The molecule has 0 aromatic heterocycles. The summed E-state index contributed by atoms with van der Waals surface area (Å²) in [4.78, 5) is 32.1. The number of carbonyl (C=O) groups excluding carboxylic acids is 2. The average Bonchev–Trinajstić information content (AvgIpc) is 2.79. The van der Waals surface area contributed by atoms with Gasteiger partial charge in [0.2, 0.25) is 0 Å². The lowest BCUT2D eigenvalue weighted by atomic mass is 9.96. The maximum Gasteiger partial charge on any atom is 0.338 e. The average molecular weight is 473 g/mol. The molecule has 1 unspecified atom stereocenters. The summed E-state index contributed by atoms with van der Waals surface area (Å²) < 4.78 is 5.19. The van der Waals surface area contributed by atoms with E-state index >= 15 is 0 Å². The molecule has 186 valence electrons. The number of nitrogens with zero attached hydrogens (tertiary/aromatic N) is 2.